The Morgan fingerprint density at radius 1 is 0.895 bits per heavy atom. The summed E-state index contributed by atoms with van der Waals surface area (Å²) in [6, 6.07) is 3.08. The van der Waals surface area contributed by atoms with E-state index < -0.39 is 41.2 Å². The van der Waals surface area contributed by atoms with Crippen LogP contribution in [0.3, 0.4) is 0 Å². The van der Waals surface area contributed by atoms with Crippen LogP contribution in [0.4, 0.5) is 30.7 Å². The maximum Gasteiger partial charge on any atom is 0.421 e. The van der Waals surface area contributed by atoms with Gasteiger partial charge in [-0.3, -0.25) is 4.79 Å². The molecule has 1 aromatic rings. The standard InChI is InChI=1S/C11H5F7O/c12-7-3-1-6(2-4-7)8(19)5-9(10(13,14)15)11(16,17)18/h1-5H. The molecule has 0 aliphatic rings. The second-order valence-corrected chi connectivity index (χ2v) is 3.42. The van der Waals surface area contributed by atoms with Crippen molar-refractivity contribution >= 4 is 5.78 Å². The summed E-state index contributed by atoms with van der Waals surface area (Å²) in [4.78, 5) is 11.3. The fourth-order valence-electron chi connectivity index (χ4n) is 1.15. The maximum atomic E-state index is 12.5. The van der Waals surface area contributed by atoms with Crippen LogP contribution in [-0.2, 0) is 0 Å². The first-order valence-electron chi connectivity index (χ1n) is 4.68. The third-order valence-corrected chi connectivity index (χ3v) is 2.01. The molecule has 0 heterocycles. The minimum absolute atomic E-state index is 0.479. The van der Waals surface area contributed by atoms with Crippen molar-refractivity contribution < 1.29 is 35.5 Å². The van der Waals surface area contributed by atoms with Gasteiger partial charge in [0.05, 0.1) is 0 Å². The highest BCUT2D eigenvalue weighted by Gasteiger charge is 2.51. The highest BCUT2D eigenvalue weighted by Crippen LogP contribution is 2.38. The number of halogens is 7. The monoisotopic (exact) mass is 286 g/mol. The van der Waals surface area contributed by atoms with Crippen LogP contribution in [-0.4, -0.2) is 18.1 Å². The Labute approximate surface area is 102 Å². The zero-order chi connectivity index (χ0) is 14.8. The van der Waals surface area contributed by atoms with Crippen LogP contribution in [0.15, 0.2) is 35.9 Å². The fourth-order valence-corrected chi connectivity index (χ4v) is 1.15. The Kier molecular flexibility index (Phi) is 4.02. The van der Waals surface area contributed by atoms with Crippen molar-refractivity contribution in [1.82, 2.24) is 0 Å². The first kappa shape index (κ1) is 15.2. The van der Waals surface area contributed by atoms with E-state index in [-0.39, 0.29) is 0 Å². The Morgan fingerprint density at radius 2 is 1.32 bits per heavy atom. The van der Waals surface area contributed by atoms with Crippen LogP contribution in [0.2, 0.25) is 0 Å². The lowest BCUT2D eigenvalue weighted by atomic mass is 10.1. The third-order valence-electron chi connectivity index (χ3n) is 2.01. The number of hydrogen-bond donors (Lipinski definition) is 0. The summed E-state index contributed by atoms with van der Waals surface area (Å²) >= 11 is 0. The minimum atomic E-state index is -5.70. The normalized spacial score (nSPS) is 12.2. The van der Waals surface area contributed by atoms with Gasteiger partial charge in [0.2, 0.25) is 0 Å². The van der Waals surface area contributed by atoms with Crippen LogP contribution >= 0.6 is 0 Å². The van der Waals surface area contributed by atoms with Gasteiger partial charge in [-0.05, 0) is 24.3 Å². The molecule has 0 spiro atoms. The van der Waals surface area contributed by atoms with Crippen molar-refractivity contribution in [1.29, 1.82) is 0 Å². The lowest BCUT2D eigenvalue weighted by Gasteiger charge is -2.14. The maximum absolute atomic E-state index is 12.5. The Morgan fingerprint density at radius 3 is 1.68 bits per heavy atom. The molecule has 0 atom stereocenters. The number of hydrogen-bond acceptors (Lipinski definition) is 1. The highest BCUT2D eigenvalue weighted by molar-refractivity contribution is 6.05. The second-order valence-electron chi connectivity index (χ2n) is 3.42. The van der Waals surface area contributed by atoms with E-state index in [2.05, 4.69) is 0 Å². The summed E-state index contributed by atoms with van der Waals surface area (Å²) in [5.74, 6) is -2.28. The van der Waals surface area contributed by atoms with Crippen LogP contribution in [0.25, 0.3) is 0 Å². The molecule has 0 aliphatic carbocycles. The molecule has 0 amide bonds. The van der Waals surface area contributed by atoms with Crippen LogP contribution in [0.1, 0.15) is 10.4 Å². The van der Waals surface area contributed by atoms with Gasteiger partial charge in [0, 0.05) is 11.6 Å². The van der Waals surface area contributed by atoms with Crippen molar-refractivity contribution in [2.24, 2.45) is 0 Å². The molecule has 104 valence electrons. The predicted octanol–water partition coefficient (Wildman–Crippen LogP) is 4.06. The number of carbonyl (C=O) groups is 1. The number of benzene rings is 1. The first-order valence-corrected chi connectivity index (χ1v) is 4.68. The molecule has 0 unspecified atom stereocenters. The van der Waals surface area contributed by atoms with Crippen molar-refractivity contribution in [3.8, 4) is 0 Å². The van der Waals surface area contributed by atoms with Crippen molar-refractivity contribution in [2.45, 2.75) is 12.4 Å². The van der Waals surface area contributed by atoms with Gasteiger partial charge in [0.15, 0.2) is 5.78 Å². The summed E-state index contributed by atoms with van der Waals surface area (Å²) in [5, 5.41) is 0. The van der Waals surface area contributed by atoms with Crippen LogP contribution in [0, 0.1) is 5.82 Å². The average molecular weight is 286 g/mol. The highest BCUT2D eigenvalue weighted by atomic mass is 19.4. The van der Waals surface area contributed by atoms with E-state index in [0.717, 1.165) is 24.3 Å². The molecule has 0 aliphatic heterocycles. The third kappa shape index (κ3) is 4.08. The predicted molar refractivity (Wildman–Crippen MR) is 50.9 cm³/mol. The molecule has 19 heavy (non-hydrogen) atoms. The molecular weight excluding hydrogens is 281 g/mol. The van der Waals surface area contributed by atoms with Crippen molar-refractivity contribution in [3.63, 3.8) is 0 Å². The number of rotatable bonds is 2. The molecule has 1 nitrogen and oxygen atoms in total. The smallest absolute Gasteiger partial charge is 0.289 e. The number of carbonyl (C=O) groups excluding carboxylic acids is 1. The second kappa shape index (κ2) is 5.02. The van der Waals surface area contributed by atoms with E-state index in [9.17, 15) is 35.5 Å². The van der Waals surface area contributed by atoms with E-state index in [1.807, 2.05) is 0 Å². The van der Waals surface area contributed by atoms with E-state index in [1.54, 1.807) is 0 Å². The zero-order valence-corrected chi connectivity index (χ0v) is 8.94. The average Bonchev–Trinajstić information content (AvgIpc) is 2.23. The van der Waals surface area contributed by atoms with Crippen molar-refractivity contribution in [2.75, 3.05) is 0 Å². The van der Waals surface area contributed by atoms with Gasteiger partial charge in [-0.15, -0.1) is 0 Å². The lowest BCUT2D eigenvalue weighted by molar-refractivity contribution is -0.171. The molecule has 0 radical (unpaired) electrons. The largest absolute Gasteiger partial charge is 0.421 e. The number of ketones is 1. The molecule has 8 heteroatoms. The molecule has 0 aromatic heterocycles. The number of alkyl halides is 6. The van der Waals surface area contributed by atoms with Crippen molar-refractivity contribution in [3.05, 3.63) is 47.3 Å². The van der Waals surface area contributed by atoms with Gasteiger partial charge in [-0.1, -0.05) is 0 Å². The molecular formula is C11H5F7O. The minimum Gasteiger partial charge on any atom is -0.289 e. The van der Waals surface area contributed by atoms with Gasteiger partial charge in [-0.25, -0.2) is 4.39 Å². The lowest BCUT2D eigenvalue weighted by Crippen LogP contribution is -2.27. The van der Waals surface area contributed by atoms with Crippen LogP contribution < -0.4 is 0 Å². The SMILES string of the molecule is O=C(C=C(C(F)(F)F)C(F)(F)F)c1ccc(F)cc1. The molecule has 1 rings (SSSR count). The topological polar surface area (TPSA) is 17.1 Å². The van der Waals surface area contributed by atoms with Gasteiger partial charge >= 0.3 is 12.4 Å². The molecule has 0 fully saturated rings. The van der Waals surface area contributed by atoms with E-state index in [4.69, 9.17) is 0 Å². The molecule has 1 aromatic carbocycles. The van der Waals surface area contributed by atoms with E-state index in [0.29, 0.717) is 0 Å². The summed E-state index contributed by atoms with van der Waals surface area (Å²) < 4.78 is 85.4. The summed E-state index contributed by atoms with van der Waals surface area (Å²) in [6.45, 7) is 0. The van der Waals surface area contributed by atoms with Crippen LogP contribution in [0.5, 0.6) is 0 Å². The first-order chi connectivity index (χ1) is 8.51. The van der Waals surface area contributed by atoms with Gasteiger partial charge in [0.25, 0.3) is 0 Å². The zero-order valence-electron chi connectivity index (χ0n) is 8.94. The summed E-state index contributed by atoms with van der Waals surface area (Å²) in [7, 11) is 0. The van der Waals surface area contributed by atoms with Gasteiger partial charge in [-0.2, -0.15) is 26.3 Å². The molecule has 0 saturated carbocycles. The van der Waals surface area contributed by atoms with E-state index in [1.165, 1.54) is 0 Å². The van der Waals surface area contributed by atoms with E-state index >= 15 is 0 Å². The Hall–Kier alpha value is -1.86. The summed E-state index contributed by atoms with van der Waals surface area (Å²) in [6.07, 6.45) is -11.9. The number of allylic oxidation sites excluding steroid dienone is 2. The summed E-state index contributed by atoms with van der Waals surface area (Å²) in [5.41, 5.74) is -3.39. The fraction of sp³-hybridized carbons (Fsp3) is 0.182. The van der Waals surface area contributed by atoms with Gasteiger partial charge in [0.1, 0.15) is 11.4 Å². The Bertz CT molecular complexity index is 477. The molecule has 0 saturated heterocycles. The molecule has 0 bridgehead atoms. The quantitative estimate of drug-likeness (QED) is 0.455. The molecule has 0 N–H and O–H groups in total. The van der Waals surface area contributed by atoms with Gasteiger partial charge < -0.3 is 0 Å². The Balaban J connectivity index is 3.17.